The SMILES string of the molecule is CC(=O)OCC(=O)O[C@H]1[C@@H]2[C@H](OC(=O)c3ccccc3)[C@H](C)C[C@@]2(O)[C@@H](OC(C)=O)[C@@]2(C)C[C@]1(OC(C)=O)C[C@@H]1C(=O)C(C)(C)[C@H](OC(C)=O)[C@H]12. The molecule has 0 amide bonds. The average Bonchev–Trinajstić information content (AvgIpc) is 3.36. The maximum atomic E-state index is 14.4. The van der Waals surface area contributed by atoms with Crippen molar-refractivity contribution in [3.05, 3.63) is 35.9 Å². The molecular formula is C37H46O14. The van der Waals surface area contributed by atoms with Gasteiger partial charge in [0.25, 0.3) is 0 Å². The van der Waals surface area contributed by atoms with Gasteiger partial charge in [0.2, 0.25) is 0 Å². The molecule has 0 heterocycles. The fourth-order valence-electron chi connectivity index (χ4n) is 9.87. The van der Waals surface area contributed by atoms with Crippen molar-refractivity contribution < 1.29 is 67.1 Å². The number of aliphatic hydroxyl groups is 1. The highest BCUT2D eigenvalue weighted by atomic mass is 16.6. The molecule has 4 aliphatic rings. The third-order valence-corrected chi connectivity index (χ3v) is 11.3. The average molecular weight is 715 g/mol. The summed E-state index contributed by atoms with van der Waals surface area (Å²) in [6.07, 6.45) is -6.03. The largest absolute Gasteiger partial charge is 0.461 e. The molecule has 11 atom stereocenters. The van der Waals surface area contributed by atoms with E-state index >= 15 is 0 Å². The summed E-state index contributed by atoms with van der Waals surface area (Å²) in [5.74, 6) is -9.15. The quantitative estimate of drug-likeness (QED) is 0.305. The second kappa shape index (κ2) is 13.3. The van der Waals surface area contributed by atoms with Gasteiger partial charge in [-0.2, -0.15) is 0 Å². The molecule has 0 aromatic heterocycles. The number of carbonyl (C=O) groups is 7. The van der Waals surface area contributed by atoms with Crippen LogP contribution in [0.5, 0.6) is 0 Å². The molecule has 5 rings (SSSR count). The van der Waals surface area contributed by atoms with Crippen LogP contribution in [0.25, 0.3) is 0 Å². The minimum atomic E-state index is -2.15. The molecule has 4 saturated carbocycles. The zero-order chi connectivity index (χ0) is 37.8. The minimum absolute atomic E-state index is 0.154. The van der Waals surface area contributed by atoms with Gasteiger partial charge in [-0.3, -0.25) is 24.0 Å². The molecule has 4 fully saturated rings. The van der Waals surface area contributed by atoms with E-state index < -0.39 is 113 Å². The molecule has 51 heavy (non-hydrogen) atoms. The van der Waals surface area contributed by atoms with Crippen LogP contribution in [0.2, 0.25) is 0 Å². The number of benzene rings is 1. The highest BCUT2D eigenvalue weighted by Gasteiger charge is 2.79. The summed E-state index contributed by atoms with van der Waals surface area (Å²) in [4.78, 5) is 91.8. The first-order chi connectivity index (χ1) is 23.7. The van der Waals surface area contributed by atoms with Crippen molar-refractivity contribution in [1.29, 1.82) is 0 Å². The topological polar surface area (TPSA) is 195 Å². The number of rotatable bonds is 8. The molecule has 278 valence electrons. The van der Waals surface area contributed by atoms with Gasteiger partial charge in [0.05, 0.1) is 16.9 Å². The van der Waals surface area contributed by atoms with E-state index in [1.807, 2.05) is 0 Å². The highest BCUT2D eigenvalue weighted by Crippen LogP contribution is 2.68. The Balaban J connectivity index is 1.79. The van der Waals surface area contributed by atoms with E-state index in [9.17, 15) is 38.7 Å². The fourth-order valence-corrected chi connectivity index (χ4v) is 9.87. The molecule has 0 saturated heterocycles. The zero-order valence-electron chi connectivity index (χ0n) is 30.1. The summed E-state index contributed by atoms with van der Waals surface area (Å²) in [5, 5.41) is 13.2. The van der Waals surface area contributed by atoms with Gasteiger partial charge in [-0.25, -0.2) is 9.59 Å². The Bertz CT molecular complexity index is 1620. The monoisotopic (exact) mass is 714 g/mol. The number of ether oxygens (including phenoxy) is 6. The van der Waals surface area contributed by atoms with E-state index in [1.54, 1.807) is 45.9 Å². The van der Waals surface area contributed by atoms with Gasteiger partial charge in [-0.1, -0.05) is 32.0 Å². The molecule has 0 radical (unpaired) electrons. The van der Waals surface area contributed by atoms with Crippen LogP contribution in [0.3, 0.4) is 0 Å². The summed E-state index contributed by atoms with van der Waals surface area (Å²) < 4.78 is 35.3. The summed E-state index contributed by atoms with van der Waals surface area (Å²) in [6.45, 7) is 10.4. The van der Waals surface area contributed by atoms with Crippen molar-refractivity contribution in [2.45, 2.75) is 110 Å². The van der Waals surface area contributed by atoms with Crippen molar-refractivity contribution >= 4 is 41.6 Å². The number of hydrogen-bond donors (Lipinski definition) is 1. The Morgan fingerprint density at radius 1 is 0.784 bits per heavy atom. The molecule has 0 unspecified atom stereocenters. The van der Waals surface area contributed by atoms with E-state index in [-0.39, 0.29) is 30.6 Å². The zero-order valence-corrected chi connectivity index (χ0v) is 30.1. The second-order valence-electron chi connectivity index (χ2n) is 15.4. The first kappa shape index (κ1) is 37.9. The molecule has 14 nitrogen and oxygen atoms in total. The number of Topliss-reactive ketones (excluding diaryl/α,β-unsaturated/α-hetero) is 1. The number of esters is 6. The molecule has 2 bridgehead atoms. The van der Waals surface area contributed by atoms with E-state index in [4.69, 9.17) is 28.4 Å². The lowest BCUT2D eigenvalue weighted by molar-refractivity contribution is -0.225. The smallest absolute Gasteiger partial charge is 0.344 e. The van der Waals surface area contributed by atoms with E-state index in [0.717, 1.165) is 20.8 Å². The van der Waals surface area contributed by atoms with Gasteiger partial charge in [0.1, 0.15) is 29.7 Å². The molecule has 1 aromatic rings. The van der Waals surface area contributed by atoms with E-state index in [0.29, 0.717) is 0 Å². The van der Waals surface area contributed by atoms with Gasteiger partial charge in [-0.05, 0) is 38.3 Å². The van der Waals surface area contributed by atoms with Gasteiger partial charge in [0, 0.05) is 57.8 Å². The van der Waals surface area contributed by atoms with Crippen LogP contribution < -0.4 is 0 Å². The number of hydrogen-bond acceptors (Lipinski definition) is 14. The van der Waals surface area contributed by atoms with Crippen LogP contribution in [-0.4, -0.2) is 88.9 Å². The van der Waals surface area contributed by atoms with Crippen molar-refractivity contribution in [2.75, 3.05) is 6.61 Å². The van der Waals surface area contributed by atoms with Gasteiger partial charge in [-0.15, -0.1) is 0 Å². The predicted molar refractivity (Wildman–Crippen MR) is 173 cm³/mol. The molecule has 1 aromatic carbocycles. The van der Waals surface area contributed by atoms with Gasteiger partial charge < -0.3 is 33.5 Å². The van der Waals surface area contributed by atoms with E-state index in [1.165, 1.54) is 19.1 Å². The molecule has 0 aliphatic heterocycles. The maximum absolute atomic E-state index is 14.4. The van der Waals surface area contributed by atoms with Crippen LogP contribution in [0, 0.1) is 34.5 Å². The third-order valence-electron chi connectivity index (χ3n) is 11.3. The van der Waals surface area contributed by atoms with E-state index in [2.05, 4.69) is 0 Å². The number of fused-ring (bicyclic) bond motifs is 5. The Kier molecular flexibility index (Phi) is 9.91. The standard InChI is InChI=1S/C37H46O14/c1-18-14-37(45)27(28(18)50-32(44)23-12-10-9-11-13-23)31(49-25(42)16-46-19(2)38)36(51-22(5)41)15-24-26(35(8,17-36)33(37)48-21(4)40)30(47-20(3)39)34(6,7)29(24)43/h9-13,18,24,26-28,30-31,33,45H,14-17H2,1-8H3/t18-,24+,26+,27+,28-,30-,31+,33+,35+,36-,37+/m1/s1. The highest BCUT2D eigenvalue weighted by molar-refractivity contribution is 5.91. The van der Waals surface area contributed by atoms with Crippen LogP contribution in [0.1, 0.15) is 85.0 Å². The van der Waals surface area contributed by atoms with Gasteiger partial charge >= 0.3 is 35.8 Å². The Morgan fingerprint density at radius 2 is 1.41 bits per heavy atom. The van der Waals surface area contributed by atoms with Crippen molar-refractivity contribution in [1.82, 2.24) is 0 Å². The summed E-state index contributed by atoms with van der Waals surface area (Å²) in [7, 11) is 0. The Morgan fingerprint density at radius 3 is 1.98 bits per heavy atom. The summed E-state index contributed by atoms with van der Waals surface area (Å²) in [6, 6.07) is 8.08. The predicted octanol–water partition coefficient (Wildman–Crippen LogP) is 2.89. The Hall–Kier alpha value is -4.33. The lowest BCUT2D eigenvalue weighted by Crippen LogP contribution is -2.62. The van der Waals surface area contributed by atoms with Crippen molar-refractivity contribution in [3.63, 3.8) is 0 Å². The fraction of sp³-hybridized carbons (Fsp3) is 0.649. The summed E-state index contributed by atoms with van der Waals surface area (Å²) >= 11 is 0. The summed E-state index contributed by atoms with van der Waals surface area (Å²) in [5.41, 5.74) is -6.61. The normalized spacial score (nSPS) is 37.5. The Labute approximate surface area is 295 Å². The van der Waals surface area contributed by atoms with Crippen LogP contribution in [0.15, 0.2) is 30.3 Å². The van der Waals surface area contributed by atoms with Crippen LogP contribution in [-0.2, 0) is 57.2 Å². The molecule has 4 aliphatic carbocycles. The van der Waals surface area contributed by atoms with Crippen LogP contribution in [0.4, 0.5) is 0 Å². The van der Waals surface area contributed by atoms with Gasteiger partial charge in [0.15, 0.2) is 18.3 Å². The number of carbonyl (C=O) groups excluding carboxylic acids is 7. The molecular weight excluding hydrogens is 668 g/mol. The maximum Gasteiger partial charge on any atom is 0.344 e. The number of ketones is 1. The van der Waals surface area contributed by atoms with Crippen LogP contribution >= 0.6 is 0 Å². The molecule has 14 heteroatoms. The van der Waals surface area contributed by atoms with Crippen molar-refractivity contribution in [2.24, 2.45) is 34.5 Å². The lowest BCUT2D eigenvalue weighted by atomic mass is 9.55. The second-order valence-corrected chi connectivity index (χ2v) is 15.4. The molecule has 0 spiro atoms. The first-order valence-electron chi connectivity index (χ1n) is 17.1. The minimum Gasteiger partial charge on any atom is -0.461 e. The lowest BCUT2D eigenvalue weighted by Gasteiger charge is -2.54. The molecule has 1 N–H and O–H groups in total. The van der Waals surface area contributed by atoms with Crippen molar-refractivity contribution in [3.8, 4) is 0 Å². The third kappa shape index (κ3) is 6.51. The first-order valence-corrected chi connectivity index (χ1v) is 17.1.